The van der Waals surface area contributed by atoms with Crippen LogP contribution in [0, 0.1) is 6.92 Å². The van der Waals surface area contributed by atoms with E-state index >= 15 is 0 Å². The predicted molar refractivity (Wildman–Crippen MR) is 120 cm³/mol. The Bertz CT molecular complexity index is 1320. The van der Waals surface area contributed by atoms with E-state index in [0.717, 1.165) is 11.4 Å². The molecule has 31 heavy (non-hydrogen) atoms. The van der Waals surface area contributed by atoms with Gasteiger partial charge >= 0.3 is 0 Å². The lowest BCUT2D eigenvalue weighted by Gasteiger charge is -2.13. The maximum atomic E-state index is 12.8. The Balaban J connectivity index is 1.58. The quantitative estimate of drug-likeness (QED) is 0.477. The van der Waals surface area contributed by atoms with E-state index in [1.54, 1.807) is 53.2 Å². The number of hydrogen-bond donors (Lipinski definition) is 2. The van der Waals surface area contributed by atoms with Crippen LogP contribution in [0.15, 0.2) is 95.9 Å². The van der Waals surface area contributed by atoms with Crippen molar-refractivity contribution in [3.05, 3.63) is 102 Å². The average molecular weight is 433 g/mol. The second-order valence-electron chi connectivity index (χ2n) is 6.84. The fourth-order valence-corrected chi connectivity index (χ4v) is 4.19. The normalized spacial score (nSPS) is 11.1. The number of nitrogens with one attached hydrogen (secondary N) is 2. The van der Waals surface area contributed by atoms with Gasteiger partial charge in [-0.2, -0.15) is 5.10 Å². The molecule has 0 saturated heterocycles. The summed E-state index contributed by atoms with van der Waals surface area (Å²) >= 11 is 0. The van der Waals surface area contributed by atoms with Crippen LogP contribution in [0.4, 0.5) is 11.4 Å². The number of para-hydroxylation sites is 3. The number of sulfonamides is 1. The summed E-state index contributed by atoms with van der Waals surface area (Å²) in [4.78, 5) is 13.0. The molecule has 0 saturated carbocycles. The fourth-order valence-electron chi connectivity index (χ4n) is 3.09. The minimum atomic E-state index is -3.80. The zero-order valence-corrected chi connectivity index (χ0v) is 17.5. The molecule has 0 fully saturated rings. The summed E-state index contributed by atoms with van der Waals surface area (Å²) in [6.45, 7) is 1.86. The standard InChI is InChI=1S/C23H20N4O3S/c1-17-16-22(25-27(17)18-10-4-2-5-11-18)23(28)24-20-14-8-9-15-21(20)26-31(29,30)19-12-6-3-7-13-19/h2-16,26H,1H3,(H,24,28). The summed E-state index contributed by atoms with van der Waals surface area (Å²) in [5.41, 5.74) is 2.46. The molecular formula is C23H20N4O3S. The zero-order chi connectivity index (χ0) is 21.8. The summed E-state index contributed by atoms with van der Waals surface area (Å²) in [7, 11) is -3.80. The Labute approximate surface area is 180 Å². The van der Waals surface area contributed by atoms with Crippen molar-refractivity contribution >= 4 is 27.3 Å². The highest BCUT2D eigenvalue weighted by Gasteiger charge is 2.18. The van der Waals surface area contributed by atoms with Gasteiger partial charge in [-0.3, -0.25) is 9.52 Å². The lowest BCUT2D eigenvalue weighted by Crippen LogP contribution is -2.17. The van der Waals surface area contributed by atoms with Crippen LogP contribution in [-0.2, 0) is 10.0 Å². The Morgan fingerprint density at radius 1 is 0.839 bits per heavy atom. The zero-order valence-electron chi connectivity index (χ0n) is 16.7. The molecule has 156 valence electrons. The molecule has 4 rings (SSSR count). The van der Waals surface area contributed by atoms with E-state index in [2.05, 4.69) is 15.1 Å². The monoisotopic (exact) mass is 432 g/mol. The number of amides is 1. The minimum Gasteiger partial charge on any atom is -0.319 e. The van der Waals surface area contributed by atoms with Gasteiger partial charge in [0.15, 0.2) is 5.69 Å². The molecule has 1 heterocycles. The molecule has 0 aliphatic carbocycles. The second kappa shape index (κ2) is 8.45. The first-order valence-electron chi connectivity index (χ1n) is 9.54. The van der Waals surface area contributed by atoms with Gasteiger partial charge in [0.05, 0.1) is 22.0 Å². The number of aryl methyl sites for hydroxylation is 1. The number of anilines is 2. The van der Waals surface area contributed by atoms with E-state index in [4.69, 9.17) is 0 Å². The highest BCUT2D eigenvalue weighted by atomic mass is 32.2. The summed E-state index contributed by atoms with van der Waals surface area (Å²) in [6, 6.07) is 25.8. The van der Waals surface area contributed by atoms with Gasteiger partial charge in [0, 0.05) is 5.69 Å². The van der Waals surface area contributed by atoms with Crippen LogP contribution in [0.25, 0.3) is 5.69 Å². The summed E-state index contributed by atoms with van der Waals surface area (Å²) in [5.74, 6) is -0.441. The summed E-state index contributed by atoms with van der Waals surface area (Å²) < 4.78 is 29.6. The van der Waals surface area contributed by atoms with Crippen LogP contribution in [0.1, 0.15) is 16.2 Å². The van der Waals surface area contributed by atoms with Gasteiger partial charge in [-0.1, -0.05) is 48.5 Å². The third-order valence-corrected chi connectivity index (χ3v) is 5.98. The lowest BCUT2D eigenvalue weighted by atomic mass is 10.2. The molecule has 1 aromatic heterocycles. The van der Waals surface area contributed by atoms with E-state index in [1.165, 1.54) is 12.1 Å². The first-order chi connectivity index (χ1) is 14.9. The lowest BCUT2D eigenvalue weighted by molar-refractivity contribution is 0.102. The van der Waals surface area contributed by atoms with Gasteiger partial charge in [-0.15, -0.1) is 0 Å². The molecule has 4 aromatic rings. The van der Waals surface area contributed by atoms with Crippen molar-refractivity contribution in [2.75, 3.05) is 10.0 Å². The first kappa shape index (κ1) is 20.4. The van der Waals surface area contributed by atoms with Crippen LogP contribution in [0.2, 0.25) is 0 Å². The maximum absolute atomic E-state index is 12.8. The van der Waals surface area contributed by atoms with Crippen molar-refractivity contribution in [3.63, 3.8) is 0 Å². The first-order valence-corrected chi connectivity index (χ1v) is 11.0. The van der Waals surface area contributed by atoms with Gasteiger partial charge in [-0.05, 0) is 49.4 Å². The Kier molecular flexibility index (Phi) is 5.55. The number of nitrogens with zero attached hydrogens (tertiary/aromatic N) is 2. The smallest absolute Gasteiger partial charge is 0.276 e. The molecule has 1 amide bonds. The van der Waals surface area contributed by atoms with Gasteiger partial charge in [0.1, 0.15) is 0 Å². The van der Waals surface area contributed by atoms with Crippen molar-refractivity contribution in [2.45, 2.75) is 11.8 Å². The van der Waals surface area contributed by atoms with Crippen molar-refractivity contribution in [1.82, 2.24) is 9.78 Å². The molecule has 3 aromatic carbocycles. The highest BCUT2D eigenvalue weighted by molar-refractivity contribution is 7.92. The number of carbonyl (C=O) groups is 1. The molecule has 0 atom stereocenters. The molecule has 0 bridgehead atoms. The van der Waals surface area contributed by atoms with Crippen molar-refractivity contribution in [3.8, 4) is 5.69 Å². The van der Waals surface area contributed by atoms with Crippen LogP contribution < -0.4 is 10.0 Å². The predicted octanol–water partition coefficient (Wildman–Crippen LogP) is 4.23. The Hall–Kier alpha value is -3.91. The van der Waals surface area contributed by atoms with Crippen LogP contribution in [0.5, 0.6) is 0 Å². The SMILES string of the molecule is Cc1cc(C(=O)Nc2ccccc2NS(=O)(=O)c2ccccc2)nn1-c1ccccc1. The number of carbonyl (C=O) groups excluding carboxylic acids is 1. The van der Waals surface area contributed by atoms with Gasteiger partial charge in [0.2, 0.25) is 0 Å². The molecule has 2 N–H and O–H groups in total. The highest BCUT2D eigenvalue weighted by Crippen LogP contribution is 2.25. The number of hydrogen-bond acceptors (Lipinski definition) is 4. The number of benzene rings is 3. The number of rotatable bonds is 6. The molecule has 0 aliphatic heterocycles. The Morgan fingerprint density at radius 2 is 1.42 bits per heavy atom. The molecule has 0 aliphatic rings. The molecule has 0 spiro atoms. The minimum absolute atomic E-state index is 0.133. The van der Waals surface area contributed by atoms with E-state index in [-0.39, 0.29) is 16.3 Å². The fraction of sp³-hybridized carbons (Fsp3) is 0.0435. The van der Waals surface area contributed by atoms with Crippen LogP contribution >= 0.6 is 0 Å². The average Bonchev–Trinajstić information content (AvgIpc) is 3.18. The van der Waals surface area contributed by atoms with Gasteiger partial charge in [-0.25, -0.2) is 13.1 Å². The van der Waals surface area contributed by atoms with Crippen molar-refractivity contribution < 1.29 is 13.2 Å². The van der Waals surface area contributed by atoms with E-state index in [0.29, 0.717) is 5.69 Å². The van der Waals surface area contributed by atoms with E-state index in [9.17, 15) is 13.2 Å². The van der Waals surface area contributed by atoms with Crippen LogP contribution in [0.3, 0.4) is 0 Å². The second-order valence-corrected chi connectivity index (χ2v) is 8.52. The number of aromatic nitrogens is 2. The van der Waals surface area contributed by atoms with Gasteiger partial charge in [0.25, 0.3) is 15.9 Å². The molecule has 0 radical (unpaired) electrons. The van der Waals surface area contributed by atoms with Crippen molar-refractivity contribution in [1.29, 1.82) is 0 Å². The van der Waals surface area contributed by atoms with E-state index in [1.807, 2.05) is 37.3 Å². The van der Waals surface area contributed by atoms with E-state index < -0.39 is 15.9 Å². The maximum Gasteiger partial charge on any atom is 0.276 e. The largest absolute Gasteiger partial charge is 0.319 e. The third-order valence-electron chi connectivity index (χ3n) is 4.59. The molecule has 7 nitrogen and oxygen atoms in total. The molecular weight excluding hydrogens is 412 g/mol. The third kappa shape index (κ3) is 4.49. The van der Waals surface area contributed by atoms with Gasteiger partial charge < -0.3 is 5.32 Å². The van der Waals surface area contributed by atoms with Crippen molar-refractivity contribution in [2.24, 2.45) is 0 Å². The summed E-state index contributed by atoms with van der Waals surface area (Å²) in [5, 5.41) is 7.15. The topological polar surface area (TPSA) is 93.1 Å². The molecule has 0 unspecified atom stereocenters. The molecule has 8 heteroatoms. The Morgan fingerprint density at radius 3 is 2.10 bits per heavy atom. The summed E-state index contributed by atoms with van der Waals surface area (Å²) in [6.07, 6.45) is 0. The van der Waals surface area contributed by atoms with Crippen LogP contribution in [-0.4, -0.2) is 24.1 Å².